The Morgan fingerprint density at radius 1 is 1.27 bits per heavy atom. The van der Waals surface area contributed by atoms with Crippen LogP contribution in [0.5, 0.6) is 0 Å². The van der Waals surface area contributed by atoms with Gasteiger partial charge in [0.25, 0.3) is 0 Å². The summed E-state index contributed by atoms with van der Waals surface area (Å²) in [6.45, 7) is 10.1. The Kier molecular flexibility index (Phi) is 12.0. The van der Waals surface area contributed by atoms with Crippen LogP contribution in [0.1, 0.15) is 50.7 Å². The number of aliphatic imine (C=N–C) groups is 1. The molecule has 0 aliphatic carbocycles. The lowest BCUT2D eigenvalue weighted by molar-refractivity contribution is 0.258. The number of nitrogens with zero attached hydrogens (tertiary/aromatic N) is 2. The van der Waals surface area contributed by atoms with Gasteiger partial charge < -0.3 is 11.5 Å². The number of anilines is 1. The van der Waals surface area contributed by atoms with Gasteiger partial charge in [0, 0.05) is 11.3 Å². The van der Waals surface area contributed by atoms with E-state index in [1.165, 1.54) is 37.5 Å². The fraction of sp³-hybridized carbons (Fsp3) is 0.417. The summed E-state index contributed by atoms with van der Waals surface area (Å²) in [5.74, 6) is 0.251. The molecule has 1 aliphatic rings. The molecule has 1 fully saturated rings. The maximum Gasteiger partial charge on any atom is 0.153 e. The number of hydrogen-bond donors (Lipinski definition) is 3. The summed E-state index contributed by atoms with van der Waals surface area (Å²) >= 11 is 0. The maximum atomic E-state index is 13.3. The molecule has 1 heterocycles. The highest BCUT2D eigenvalue weighted by Gasteiger charge is 2.12. The van der Waals surface area contributed by atoms with Crippen LogP contribution < -0.4 is 11.5 Å². The minimum atomic E-state index is -0.336. The normalized spacial score (nSPS) is 15.6. The summed E-state index contributed by atoms with van der Waals surface area (Å²) in [6, 6.07) is 5.41. The van der Waals surface area contributed by atoms with E-state index in [0.717, 1.165) is 18.7 Å². The fourth-order valence-electron chi connectivity index (χ4n) is 3.16. The second-order valence-corrected chi connectivity index (χ2v) is 6.93. The number of aryl methyl sites for hydroxylation is 1. The average molecular weight is 414 g/mol. The molecular formula is C24H36FN5. The molecule has 1 aromatic carbocycles. The van der Waals surface area contributed by atoms with Crippen LogP contribution in [0.3, 0.4) is 0 Å². The van der Waals surface area contributed by atoms with Crippen LogP contribution in [0.2, 0.25) is 0 Å². The van der Waals surface area contributed by atoms with Gasteiger partial charge in [0.2, 0.25) is 0 Å². The van der Waals surface area contributed by atoms with Crippen LogP contribution in [0.15, 0.2) is 59.9 Å². The summed E-state index contributed by atoms with van der Waals surface area (Å²) in [5.41, 5.74) is 14.3. The van der Waals surface area contributed by atoms with E-state index in [1.807, 2.05) is 19.9 Å². The number of benzene rings is 1. The smallest absolute Gasteiger partial charge is 0.153 e. The highest BCUT2D eigenvalue weighted by molar-refractivity contribution is 6.05. The molecule has 0 amide bonds. The minimum absolute atomic E-state index is 0.131. The zero-order valence-corrected chi connectivity index (χ0v) is 18.3. The maximum absolute atomic E-state index is 13.3. The van der Waals surface area contributed by atoms with Crippen molar-refractivity contribution < 1.29 is 4.39 Å². The lowest BCUT2D eigenvalue weighted by atomic mass is 10.0. The number of likely N-dealkylation sites (tertiary alicyclic amines) is 1. The Labute approximate surface area is 180 Å². The quantitative estimate of drug-likeness (QED) is 0.243. The number of allylic oxidation sites excluding steroid dienone is 5. The van der Waals surface area contributed by atoms with Crippen LogP contribution in [0.25, 0.3) is 0 Å². The summed E-state index contributed by atoms with van der Waals surface area (Å²) in [5, 5.41) is 8.25. The first-order chi connectivity index (χ1) is 14.5. The van der Waals surface area contributed by atoms with Crippen molar-refractivity contribution in [3.05, 3.63) is 66.0 Å². The summed E-state index contributed by atoms with van der Waals surface area (Å²) in [4.78, 5) is 6.54. The lowest BCUT2D eigenvalue weighted by Crippen LogP contribution is -2.37. The van der Waals surface area contributed by atoms with Crippen molar-refractivity contribution >= 4 is 17.4 Å². The number of rotatable bonds is 8. The van der Waals surface area contributed by atoms with Gasteiger partial charge in [-0.05, 0) is 74.7 Å². The number of nitrogens with one attached hydrogen (secondary N) is 1. The van der Waals surface area contributed by atoms with E-state index in [1.54, 1.807) is 18.2 Å². The Bertz CT molecular complexity index is 774. The molecule has 0 bridgehead atoms. The van der Waals surface area contributed by atoms with Crippen molar-refractivity contribution in [3.63, 3.8) is 0 Å². The SMILES string of the molecule is C=C/C=C(F)\C=C/CCc1cc(C(=N)N=C(N)CN2CCCCC2)ccc1N.CC. The first-order valence-electron chi connectivity index (χ1n) is 10.7. The summed E-state index contributed by atoms with van der Waals surface area (Å²) in [7, 11) is 0. The first-order valence-corrected chi connectivity index (χ1v) is 10.7. The molecule has 5 N–H and O–H groups in total. The monoisotopic (exact) mass is 413 g/mol. The van der Waals surface area contributed by atoms with Crippen molar-refractivity contribution in [1.82, 2.24) is 4.90 Å². The third kappa shape index (κ3) is 9.18. The Balaban J connectivity index is 0.00000218. The predicted molar refractivity (Wildman–Crippen MR) is 128 cm³/mol. The molecule has 0 atom stereocenters. The average Bonchev–Trinajstić information content (AvgIpc) is 2.74. The second kappa shape index (κ2) is 14.3. The third-order valence-electron chi connectivity index (χ3n) is 4.64. The molecule has 5 nitrogen and oxygen atoms in total. The second-order valence-electron chi connectivity index (χ2n) is 6.93. The van der Waals surface area contributed by atoms with Crippen LogP contribution in [-0.2, 0) is 6.42 Å². The molecule has 30 heavy (non-hydrogen) atoms. The van der Waals surface area contributed by atoms with Crippen molar-refractivity contribution in [1.29, 1.82) is 5.41 Å². The molecule has 1 aromatic rings. The molecule has 0 spiro atoms. The van der Waals surface area contributed by atoms with Gasteiger partial charge in [-0.1, -0.05) is 39.0 Å². The lowest BCUT2D eigenvalue weighted by Gasteiger charge is -2.25. The number of piperidine rings is 1. The van der Waals surface area contributed by atoms with E-state index in [9.17, 15) is 4.39 Å². The molecule has 0 saturated carbocycles. The van der Waals surface area contributed by atoms with Crippen LogP contribution in [0.4, 0.5) is 10.1 Å². The van der Waals surface area contributed by atoms with Crippen LogP contribution in [-0.4, -0.2) is 36.2 Å². The van der Waals surface area contributed by atoms with E-state index in [4.69, 9.17) is 16.9 Å². The summed E-state index contributed by atoms with van der Waals surface area (Å²) in [6.07, 6.45) is 10.8. The topological polar surface area (TPSA) is 91.5 Å². The zero-order valence-electron chi connectivity index (χ0n) is 18.3. The fourth-order valence-corrected chi connectivity index (χ4v) is 3.16. The highest BCUT2D eigenvalue weighted by atomic mass is 19.1. The Morgan fingerprint density at radius 3 is 2.63 bits per heavy atom. The largest absolute Gasteiger partial charge is 0.399 e. The van der Waals surface area contributed by atoms with Crippen molar-refractivity contribution in [2.75, 3.05) is 25.4 Å². The van der Waals surface area contributed by atoms with Gasteiger partial charge in [0.15, 0.2) is 5.84 Å². The number of nitrogen functional groups attached to an aromatic ring is 1. The van der Waals surface area contributed by atoms with E-state index in [-0.39, 0.29) is 11.7 Å². The molecular weight excluding hydrogens is 377 g/mol. The van der Waals surface area contributed by atoms with Gasteiger partial charge in [0.05, 0.1) is 6.54 Å². The molecule has 0 radical (unpaired) electrons. The number of amidine groups is 2. The molecule has 2 rings (SSSR count). The van der Waals surface area contributed by atoms with E-state index >= 15 is 0 Å². The van der Waals surface area contributed by atoms with Crippen LogP contribution >= 0.6 is 0 Å². The van der Waals surface area contributed by atoms with Gasteiger partial charge in [-0.3, -0.25) is 10.3 Å². The minimum Gasteiger partial charge on any atom is -0.399 e. The highest BCUT2D eigenvalue weighted by Crippen LogP contribution is 2.17. The van der Waals surface area contributed by atoms with Gasteiger partial charge >= 0.3 is 0 Å². The number of halogens is 1. The predicted octanol–water partition coefficient (Wildman–Crippen LogP) is 4.99. The van der Waals surface area contributed by atoms with E-state index < -0.39 is 0 Å². The molecule has 1 aliphatic heterocycles. The van der Waals surface area contributed by atoms with Gasteiger partial charge in [0.1, 0.15) is 11.7 Å². The molecule has 1 saturated heterocycles. The number of nitrogens with two attached hydrogens (primary N) is 2. The van der Waals surface area contributed by atoms with Crippen molar-refractivity contribution in [2.24, 2.45) is 10.7 Å². The van der Waals surface area contributed by atoms with Crippen molar-refractivity contribution in [2.45, 2.75) is 46.0 Å². The van der Waals surface area contributed by atoms with Gasteiger partial charge in [-0.25, -0.2) is 9.38 Å². The zero-order chi connectivity index (χ0) is 22.4. The van der Waals surface area contributed by atoms with E-state index in [0.29, 0.717) is 36.5 Å². The van der Waals surface area contributed by atoms with Gasteiger partial charge in [-0.15, -0.1) is 0 Å². The van der Waals surface area contributed by atoms with Crippen molar-refractivity contribution in [3.8, 4) is 0 Å². The first kappa shape index (κ1) is 25.3. The van der Waals surface area contributed by atoms with Gasteiger partial charge in [-0.2, -0.15) is 0 Å². The Morgan fingerprint density at radius 2 is 1.97 bits per heavy atom. The van der Waals surface area contributed by atoms with E-state index in [2.05, 4.69) is 16.5 Å². The van der Waals surface area contributed by atoms with Crippen LogP contribution in [0, 0.1) is 5.41 Å². The molecule has 6 heteroatoms. The molecule has 0 aromatic heterocycles. The molecule has 0 unspecified atom stereocenters. The molecule has 164 valence electrons. The summed E-state index contributed by atoms with van der Waals surface area (Å²) < 4.78 is 13.3. The standard InChI is InChI=1S/C22H30FN5.C2H6/c1-2-8-19(23)10-5-4-9-17-15-18(11-12-20(17)24)22(26)27-21(25)16-28-13-6-3-7-14-28;1-2/h2,5,8,10-12,15H,1,3-4,6-7,9,13-14,16,24H2,(H3,25,26,27);1-2H3/b10-5-,19-8+;. The Hall–Kier alpha value is -2.73. The third-order valence-corrected chi connectivity index (χ3v) is 4.64. The number of hydrogen-bond acceptors (Lipinski definition) is 3.